The Bertz CT molecular complexity index is 668. The van der Waals surface area contributed by atoms with Gasteiger partial charge in [-0.25, -0.2) is 4.98 Å². The molecule has 0 aliphatic carbocycles. The molecular weight excluding hydrogens is 262 g/mol. The fraction of sp³-hybridized carbons (Fsp3) is 0.529. The minimum atomic E-state index is 0.0254. The van der Waals surface area contributed by atoms with Crippen LogP contribution in [-0.2, 0) is 6.54 Å². The molecule has 2 rings (SSSR count). The van der Waals surface area contributed by atoms with Crippen LogP contribution < -0.4 is 10.9 Å². The molecule has 1 N–H and O–H groups in total. The van der Waals surface area contributed by atoms with Gasteiger partial charge in [0.15, 0.2) is 0 Å². The summed E-state index contributed by atoms with van der Waals surface area (Å²) in [6.45, 7) is 9.99. The molecule has 0 saturated carbocycles. The number of hydrogen-bond acceptors (Lipinski definition) is 3. The highest BCUT2D eigenvalue weighted by Crippen LogP contribution is 2.10. The first kappa shape index (κ1) is 15.7. The molecule has 1 aromatic heterocycles. The van der Waals surface area contributed by atoms with E-state index in [1.807, 2.05) is 28.8 Å². The Hall–Kier alpha value is -1.68. The van der Waals surface area contributed by atoms with Crippen LogP contribution in [-0.4, -0.2) is 21.6 Å². The first-order chi connectivity index (χ1) is 9.88. The summed E-state index contributed by atoms with van der Waals surface area (Å²) >= 11 is 0. The first-order valence-corrected chi connectivity index (χ1v) is 7.60. The molecule has 0 fully saturated rings. The van der Waals surface area contributed by atoms with Gasteiger partial charge in [0.25, 0.3) is 5.56 Å². The molecule has 21 heavy (non-hydrogen) atoms. The molecular formula is C17H25N3O. The molecule has 1 heterocycles. The van der Waals surface area contributed by atoms with Crippen molar-refractivity contribution < 1.29 is 0 Å². The van der Waals surface area contributed by atoms with E-state index in [1.165, 1.54) is 0 Å². The van der Waals surface area contributed by atoms with Crippen LogP contribution >= 0.6 is 0 Å². The lowest BCUT2D eigenvalue weighted by Gasteiger charge is -2.20. The Balaban J connectivity index is 2.08. The first-order valence-electron chi connectivity index (χ1n) is 7.60. The molecule has 0 unspecified atom stereocenters. The summed E-state index contributed by atoms with van der Waals surface area (Å²) in [4.78, 5) is 16.7. The molecule has 0 atom stereocenters. The average molecular weight is 287 g/mol. The number of unbranched alkanes of at least 4 members (excludes halogenated alkanes) is 1. The van der Waals surface area contributed by atoms with Crippen LogP contribution in [0.2, 0.25) is 0 Å². The second-order valence-corrected chi connectivity index (χ2v) is 6.53. The summed E-state index contributed by atoms with van der Waals surface area (Å²) in [5, 5.41) is 3.47. The van der Waals surface area contributed by atoms with E-state index in [0.29, 0.717) is 5.69 Å². The Morgan fingerprint density at radius 3 is 2.62 bits per heavy atom. The predicted octanol–water partition coefficient (Wildman–Crippen LogP) is 2.87. The lowest BCUT2D eigenvalue weighted by molar-refractivity contribution is 0.414. The number of rotatable bonds is 5. The molecule has 0 bridgehead atoms. The van der Waals surface area contributed by atoms with Crippen LogP contribution in [0.15, 0.2) is 29.1 Å². The van der Waals surface area contributed by atoms with E-state index >= 15 is 0 Å². The van der Waals surface area contributed by atoms with Gasteiger partial charge in [0.1, 0.15) is 5.69 Å². The van der Waals surface area contributed by atoms with Crippen molar-refractivity contribution in [1.82, 2.24) is 14.9 Å². The van der Waals surface area contributed by atoms with E-state index in [2.05, 4.69) is 31.1 Å². The van der Waals surface area contributed by atoms with Gasteiger partial charge in [-0.1, -0.05) is 12.1 Å². The molecule has 114 valence electrons. The van der Waals surface area contributed by atoms with Crippen LogP contribution in [0.3, 0.4) is 0 Å². The smallest absolute Gasteiger partial charge is 0.272 e. The SMILES string of the molecule is Cc1nc2ccccc2n(CCCCNC(C)(C)C)c1=O. The second-order valence-electron chi connectivity index (χ2n) is 6.53. The second kappa shape index (κ2) is 6.39. The molecule has 0 aliphatic rings. The maximum atomic E-state index is 12.3. The number of aromatic nitrogens is 2. The van der Waals surface area contributed by atoms with E-state index in [9.17, 15) is 4.79 Å². The number of fused-ring (bicyclic) bond motifs is 1. The highest BCUT2D eigenvalue weighted by Gasteiger charge is 2.09. The monoisotopic (exact) mass is 287 g/mol. The summed E-state index contributed by atoms with van der Waals surface area (Å²) in [6, 6.07) is 7.84. The van der Waals surface area contributed by atoms with Crippen LogP contribution in [0, 0.1) is 6.92 Å². The topological polar surface area (TPSA) is 46.9 Å². The number of para-hydroxylation sites is 2. The summed E-state index contributed by atoms with van der Waals surface area (Å²) in [7, 11) is 0. The van der Waals surface area contributed by atoms with E-state index in [4.69, 9.17) is 0 Å². The van der Waals surface area contributed by atoms with E-state index in [-0.39, 0.29) is 11.1 Å². The van der Waals surface area contributed by atoms with E-state index < -0.39 is 0 Å². The van der Waals surface area contributed by atoms with Crippen LogP contribution in [0.4, 0.5) is 0 Å². The molecule has 0 spiro atoms. The molecule has 4 heteroatoms. The number of hydrogen-bond donors (Lipinski definition) is 1. The van der Waals surface area contributed by atoms with Crippen LogP contribution in [0.1, 0.15) is 39.3 Å². The van der Waals surface area contributed by atoms with Gasteiger partial charge in [-0.15, -0.1) is 0 Å². The van der Waals surface area contributed by atoms with Crippen molar-refractivity contribution in [3.63, 3.8) is 0 Å². The van der Waals surface area contributed by atoms with Crippen LogP contribution in [0.25, 0.3) is 11.0 Å². The van der Waals surface area contributed by atoms with Gasteiger partial charge in [-0.2, -0.15) is 0 Å². The number of nitrogens with one attached hydrogen (secondary N) is 1. The summed E-state index contributed by atoms with van der Waals surface area (Å²) in [5.41, 5.74) is 2.56. The minimum Gasteiger partial charge on any atom is -0.312 e. The average Bonchev–Trinajstić information content (AvgIpc) is 2.41. The van der Waals surface area contributed by atoms with Gasteiger partial charge in [-0.3, -0.25) is 4.79 Å². The van der Waals surface area contributed by atoms with Gasteiger partial charge >= 0.3 is 0 Å². The summed E-state index contributed by atoms with van der Waals surface area (Å²) in [5.74, 6) is 0. The molecule has 0 aliphatic heterocycles. The van der Waals surface area contributed by atoms with E-state index in [0.717, 1.165) is 37.0 Å². The third-order valence-electron chi connectivity index (χ3n) is 3.48. The third-order valence-corrected chi connectivity index (χ3v) is 3.48. The zero-order valence-electron chi connectivity index (χ0n) is 13.4. The maximum absolute atomic E-state index is 12.3. The van der Waals surface area contributed by atoms with Gasteiger partial charge in [0, 0.05) is 12.1 Å². The standard InChI is InChI=1S/C17H25N3O/c1-13-16(21)20(12-8-7-11-18-17(2,3)4)15-10-6-5-9-14(15)19-13/h5-6,9-10,18H,7-8,11-12H2,1-4H3. The normalized spacial score (nSPS) is 12.0. The van der Waals surface area contributed by atoms with Crippen LogP contribution in [0.5, 0.6) is 0 Å². The molecule has 0 radical (unpaired) electrons. The van der Waals surface area contributed by atoms with Crippen molar-refractivity contribution in [3.8, 4) is 0 Å². The predicted molar refractivity (Wildman–Crippen MR) is 87.7 cm³/mol. The quantitative estimate of drug-likeness (QED) is 0.860. The number of nitrogens with zero attached hydrogens (tertiary/aromatic N) is 2. The van der Waals surface area contributed by atoms with Crippen molar-refractivity contribution >= 4 is 11.0 Å². The van der Waals surface area contributed by atoms with Crippen molar-refractivity contribution in [2.24, 2.45) is 0 Å². The minimum absolute atomic E-state index is 0.0254. The summed E-state index contributed by atoms with van der Waals surface area (Å²) in [6.07, 6.45) is 2.04. The Kier molecular flexibility index (Phi) is 4.78. The third kappa shape index (κ3) is 4.14. The van der Waals surface area contributed by atoms with Crippen molar-refractivity contribution in [1.29, 1.82) is 0 Å². The fourth-order valence-electron chi connectivity index (χ4n) is 2.40. The maximum Gasteiger partial charge on any atom is 0.272 e. The molecule has 0 amide bonds. The fourth-order valence-corrected chi connectivity index (χ4v) is 2.40. The van der Waals surface area contributed by atoms with Gasteiger partial charge in [0.2, 0.25) is 0 Å². The van der Waals surface area contributed by atoms with Crippen molar-refractivity contribution in [3.05, 3.63) is 40.3 Å². The molecule has 2 aromatic rings. The molecule has 1 aromatic carbocycles. The van der Waals surface area contributed by atoms with Crippen molar-refractivity contribution in [2.75, 3.05) is 6.54 Å². The Morgan fingerprint density at radius 1 is 1.19 bits per heavy atom. The zero-order chi connectivity index (χ0) is 15.5. The number of benzene rings is 1. The van der Waals surface area contributed by atoms with E-state index in [1.54, 1.807) is 6.92 Å². The van der Waals surface area contributed by atoms with Gasteiger partial charge in [-0.05, 0) is 59.2 Å². The highest BCUT2D eigenvalue weighted by atomic mass is 16.1. The lowest BCUT2D eigenvalue weighted by Crippen LogP contribution is -2.36. The van der Waals surface area contributed by atoms with Crippen molar-refractivity contribution in [2.45, 2.75) is 52.6 Å². The molecule has 4 nitrogen and oxygen atoms in total. The van der Waals surface area contributed by atoms with Gasteiger partial charge < -0.3 is 9.88 Å². The lowest BCUT2D eigenvalue weighted by atomic mass is 10.1. The van der Waals surface area contributed by atoms with Gasteiger partial charge in [0.05, 0.1) is 11.0 Å². The Labute approximate surface area is 126 Å². The summed E-state index contributed by atoms with van der Waals surface area (Å²) < 4.78 is 1.86. The number of aryl methyl sites for hydroxylation is 2. The zero-order valence-corrected chi connectivity index (χ0v) is 13.4. The highest BCUT2D eigenvalue weighted by molar-refractivity contribution is 5.74. The Morgan fingerprint density at radius 2 is 1.90 bits per heavy atom. The largest absolute Gasteiger partial charge is 0.312 e. The molecule has 0 saturated heterocycles.